The summed E-state index contributed by atoms with van der Waals surface area (Å²) in [5.41, 5.74) is 0.230. The highest BCUT2D eigenvalue weighted by Crippen LogP contribution is 2.25. The second-order valence-corrected chi connectivity index (χ2v) is 5.50. The Bertz CT molecular complexity index is 551. The molecule has 0 spiro atoms. The van der Waals surface area contributed by atoms with Gasteiger partial charge >= 0.3 is 0 Å². The van der Waals surface area contributed by atoms with Gasteiger partial charge in [0.15, 0.2) is 0 Å². The maximum absolute atomic E-state index is 12.2. The molecular weight excluding hydrogens is 264 g/mol. The number of carbonyl (C=O) groups is 1. The quantitative estimate of drug-likeness (QED) is 0.851. The minimum absolute atomic E-state index is 0.114. The van der Waals surface area contributed by atoms with Crippen molar-refractivity contribution in [1.82, 2.24) is 9.55 Å². The molecule has 2 rings (SSSR count). The molecular formula is C17H22N2O2. The van der Waals surface area contributed by atoms with Gasteiger partial charge in [-0.05, 0) is 24.8 Å². The van der Waals surface area contributed by atoms with Gasteiger partial charge in [0.25, 0.3) is 0 Å². The standard InChI is InChI=1S/C17H22N2O2/c1-2-9-17(21,10-8-15-6-4-3-5-7-15)13-16(20)19-12-11-18-14-19/h3-7,11-12,14,21H,2,8-10,13H2,1H3/t17-/m0/s1. The second-order valence-electron chi connectivity index (χ2n) is 5.50. The van der Waals surface area contributed by atoms with Crippen LogP contribution in [0.25, 0.3) is 0 Å². The third kappa shape index (κ3) is 4.53. The zero-order chi connectivity index (χ0) is 15.1. The molecule has 4 nitrogen and oxygen atoms in total. The number of aliphatic hydroxyl groups is 1. The Kier molecular flexibility index (Phi) is 5.28. The molecule has 4 heteroatoms. The number of aryl methyl sites for hydroxylation is 1. The van der Waals surface area contributed by atoms with E-state index in [1.165, 1.54) is 16.5 Å². The van der Waals surface area contributed by atoms with E-state index >= 15 is 0 Å². The Morgan fingerprint density at radius 2 is 2.05 bits per heavy atom. The van der Waals surface area contributed by atoms with Gasteiger partial charge in [0.2, 0.25) is 5.91 Å². The molecule has 0 amide bonds. The van der Waals surface area contributed by atoms with Crippen molar-refractivity contribution in [2.75, 3.05) is 0 Å². The largest absolute Gasteiger partial charge is 0.389 e. The molecule has 0 saturated heterocycles. The molecule has 0 aliphatic heterocycles. The first-order valence-corrected chi connectivity index (χ1v) is 7.40. The fraction of sp³-hybridized carbons (Fsp3) is 0.412. The van der Waals surface area contributed by atoms with Crippen molar-refractivity contribution in [2.24, 2.45) is 0 Å². The van der Waals surface area contributed by atoms with Crippen LogP contribution in [0.4, 0.5) is 0 Å². The van der Waals surface area contributed by atoms with Crippen LogP contribution in [0.1, 0.15) is 43.0 Å². The van der Waals surface area contributed by atoms with E-state index in [9.17, 15) is 9.90 Å². The number of imidazole rings is 1. The van der Waals surface area contributed by atoms with E-state index < -0.39 is 5.60 Å². The van der Waals surface area contributed by atoms with E-state index in [-0.39, 0.29) is 12.3 Å². The summed E-state index contributed by atoms with van der Waals surface area (Å²) in [7, 11) is 0. The van der Waals surface area contributed by atoms with Crippen LogP contribution in [0.3, 0.4) is 0 Å². The van der Waals surface area contributed by atoms with Gasteiger partial charge < -0.3 is 5.11 Å². The monoisotopic (exact) mass is 286 g/mol. The van der Waals surface area contributed by atoms with Crippen molar-refractivity contribution in [2.45, 2.75) is 44.6 Å². The van der Waals surface area contributed by atoms with Gasteiger partial charge in [0.05, 0.1) is 12.0 Å². The van der Waals surface area contributed by atoms with Crippen LogP contribution in [0.5, 0.6) is 0 Å². The van der Waals surface area contributed by atoms with Crippen LogP contribution in [0.15, 0.2) is 49.1 Å². The molecule has 1 atom stereocenters. The average molecular weight is 286 g/mol. The zero-order valence-electron chi connectivity index (χ0n) is 12.4. The minimum Gasteiger partial charge on any atom is -0.389 e. The predicted molar refractivity (Wildman–Crippen MR) is 82.1 cm³/mol. The van der Waals surface area contributed by atoms with Gasteiger partial charge in [-0.25, -0.2) is 4.98 Å². The molecule has 0 radical (unpaired) electrons. The van der Waals surface area contributed by atoms with Crippen LogP contribution in [-0.4, -0.2) is 26.2 Å². The first-order valence-electron chi connectivity index (χ1n) is 7.40. The summed E-state index contributed by atoms with van der Waals surface area (Å²) in [5.74, 6) is -0.114. The summed E-state index contributed by atoms with van der Waals surface area (Å²) >= 11 is 0. The predicted octanol–water partition coefficient (Wildman–Crippen LogP) is 3.08. The molecule has 1 N–H and O–H groups in total. The lowest BCUT2D eigenvalue weighted by molar-refractivity contribution is 0.0129. The molecule has 0 unspecified atom stereocenters. The SMILES string of the molecule is CCC[C@](O)(CCc1ccccc1)CC(=O)n1ccnc1. The van der Waals surface area contributed by atoms with Crippen molar-refractivity contribution >= 4 is 5.91 Å². The Morgan fingerprint density at radius 3 is 2.67 bits per heavy atom. The number of carbonyl (C=O) groups excluding carboxylic acids is 1. The first kappa shape index (κ1) is 15.4. The highest BCUT2D eigenvalue weighted by atomic mass is 16.3. The van der Waals surface area contributed by atoms with Crippen LogP contribution < -0.4 is 0 Å². The zero-order valence-corrected chi connectivity index (χ0v) is 12.4. The highest BCUT2D eigenvalue weighted by Gasteiger charge is 2.29. The third-order valence-corrected chi connectivity index (χ3v) is 3.71. The maximum Gasteiger partial charge on any atom is 0.234 e. The topological polar surface area (TPSA) is 55.1 Å². The molecule has 0 fully saturated rings. The lowest BCUT2D eigenvalue weighted by atomic mass is 9.87. The molecule has 1 aromatic carbocycles. The van der Waals surface area contributed by atoms with Gasteiger partial charge in [0.1, 0.15) is 6.33 Å². The van der Waals surface area contributed by atoms with E-state index in [2.05, 4.69) is 4.98 Å². The molecule has 0 bridgehead atoms. The Morgan fingerprint density at radius 1 is 1.29 bits per heavy atom. The number of aromatic nitrogens is 2. The fourth-order valence-corrected chi connectivity index (χ4v) is 2.57. The molecule has 112 valence electrons. The maximum atomic E-state index is 12.2. The van der Waals surface area contributed by atoms with Crippen molar-refractivity contribution in [3.63, 3.8) is 0 Å². The van der Waals surface area contributed by atoms with Gasteiger partial charge in [-0.3, -0.25) is 9.36 Å². The van der Waals surface area contributed by atoms with E-state index in [0.29, 0.717) is 12.8 Å². The first-order chi connectivity index (χ1) is 10.1. The number of rotatable bonds is 7. The average Bonchev–Trinajstić information content (AvgIpc) is 3.01. The van der Waals surface area contributed by atoms with Crippen molar-refractivity contribution in [3.05, 3.63) is 54.6 Å². The van der Waals surface area contributed by atoms with E-state index in [4.69, 9.17) is 0 Å². The summed E-state index contributed by atoms with van der Waals surface area (Å²) in [4.78, 5) is 16.0. The minimum atomic E-state index is -0.952. The van der Waals surface area contributed by atoms with Crippen LogP contribution >= 0.6 is 0 Å². The lowest BCUT2D eigenvalue weighted by Gasteiger charge is -2.27. The van der Waals surface area contributed by atoms with E-state index in [0.717, 1.165) is 12.8 Å². The van der Waals surface area contributed by atoms with Gasteiger partial charge in [-0.15, -0.1) is 0 Å². The van der Waals surface area contributed by atoms with Crippen molar-refractivity contribution in [1.29, 1.82) is 0 Å². The summed E-state index contributed by atoms with van der Waals surface area (Å²) < 4.78 is 1.43. The van der Waals surface area contributed by atoms with Crippen LogP contribution in [-0.2, 0) is 6.42 Å². The molecule has 1 heterocycles. The Labute approximate surface area is 125 Å². The number of hydrogen-bond acceptors (Lipinski definition) is 3. The molecule has 0 aliphatic rings. The second kappa shape index (κ2) is 7.18. The third-order valence-electron chi connectivity index (χ3n) is 3.71. The van der Waals surface area contributed by atoms with E-state index in [1.807, 2.05) is 37.3 Å². The summed E-state index contributed by atoms with van der Waals surface area (Å²) in [6, 6.07) is 10.0. The summed E-state index contributed by atoms with van der Waals surface area (Å²) in [6.45, 7) is 2.02. The normalized spacial score (nSPS) is 13.8. The number of hydrogen-bond donors (Lipinski definition) is 1. The van der Waals surface area contributed by atoms with Crippen LogP contribution in [0, 0.1) is 0 Å². The highest BCUT2D eigenvalue weighted by molar-refractivity contribution is 5.79. The Hall–Kier alpha value is -1.94. The van der Waals surface area contributed by atoms with Crippen molar-refractivity contribution < 1.29 is 9.90 Å². The number of nitrogens with zero attached hydrogens (tertiary/aromatic N) is 2. The van der Waals surface area contributed by atoms with Gasteiger partial charge in [0, 0.05) is 12.4 Å². The molecule has 0 saturated carbocycles. The molecule has 0 aliphatic carbocycles. The van der Waals surface area contributed by atoms with Crippen molar-refractivity contribution in [3.8, 4) is 0 Å². The number of benzene rings is 1. The smallest absolute Gasteiger partial charge is 0.234 e. The summed E-state index contributed by atoms with van der Waals surface area (Å²) in [5, 5.41) is 10.8. The van der Waals surface area contributed by atoms with E-state index in [1.54, 1.807) is 12.4 Å². The Balaban J connectivity index is 2.00. The molecule has 21 heavy (non-hydrogen) atoms. The van der Waals surface area contributed by atoms with Gasteiger partial charge in [-0.1, -0.05) is 43.7 Å². The lowest BCUT2D eigenvalue weighted by Crippen LogP contribution is -2.34. The summed E-state index contributed by atoms with van der Waals surface area (Å²) in [6.07, 6.45) is 7.63. The fourth-order valence-electron chi connectivity index (χ4n) is 2.57. The van der Waals surface area contributed by atoms with Crippen LogP contribution in [0.2, 0.25) is 0 Å². The molecule has 2 aromatic rings. The van der Waals surface area contributed by atoms with Gasteiger partial charge in [-0.2, -0.15) is 0 Å². The molecule has 1 aromatic heterocycles.